The number of nitrogens with zero attached hydrogens (tertiary/aromatic N) is 1. The molecule has 0 saturated heterocycles. The van der Waals surface area contributed by atoms with Crippen LogP contribution < -0.4 is 4.74 Å². The highest BCUT2D eigenvalue weighted by Gasteiger charge is 2.21. The molecule has 0 fully saturated rings. The number of carbonyl (C=O) groups excluding carboxylic acids is 1. The van der Waals surface area contributed by atoms with Crippen molar-refractivity contribution in [3.8, 4) is 5.75 Å². The summed E-state index contributed by atoms with van der Waals surface area (Å²) in [4.78, 5) is 12.5. The summed E-state index contributed by atoms with van der Waals surface area (Å²) >= 11 is 0. The third-order valence-corrected chi connectivity index (χ3v) is 4.27. The van der Waals surface area contributed by atoms with E-state index in [0.717, 1.165) is 22.3 Å². The monoisotopic (exact) mass is 337 g/mol. The van der Waals surface area contributed by atoms with Gasteiger partial charge in [-0.15, -0.1) is 0 Å². The molecule has 2 aromatic carbocycles. The molecule has 0 aliphatic rings. The Bertz CT molecular complexity index is 881. The molecule has 4 nitrogen and oxygen atoms in total. The smallest absolute Gasteiger partial charge is 0.340 e. The van der Waals surface area contributed by atoms with E-state index in [4.69, 9.17) is 9.47 Å². The van der Waals surface area contributed by atoms with Crippen LogP contribution in [0.1, 0.15) is 35.5 Å². The number of ether oxygens (including phenoxy) is 2. The summed E-state index contributed by atoms with van der Waals surface area (Å²) in [6.07, 6.45) is 0. The summed E-state index contributed by atoms with van der Waals surface area (Å²) in [7, 11) is 0. The molecule has 0 amide bonds. The molecule has 130 valence electrons. The number of hydrogen-bond acceptors (Lipinski definition) is 3. The van der Waals surface area contributed by atoms with E-state index in [2.05, 4.69) is 16.7 Å². The molecule has 3 aromatic rings. The Morgan fingerprint density at radius 2 is 1.80 bits per heavy atom. The molecule has 0 unspecified atom stereocenters. The van der Waals surface area contributed by atoms with Gasteiger partial charge in [0, 0.05) is 23.1 Å². The van der Waals surface area contributed by atoms with Crippen molar-refractivity contribution in [2.24, 2.45) is 0 Å². The van der Waals surface area contributed by atoms with E-state index in [0.29, 0.717) is 25.3 Å². The van der Waals surface area contributed by atoms with Crippen molar-refractivity contribution in [1.82, 2.24) is 4.57 Å². The standard InChI is InChI=1S/C21H23NO3/c1-4-24-17-11-12-19-18(13-17)20(21(23)25-5-2)15(3)22(19)14-16-9-7-6-8-10-16/h6-13H,4-5,14H2,1-3H3. The highest BCUT2D eigenvalue weighted by atomic mass is 16.5. The molecule has 1 heterocycles. The lowest BCUT2D eigenvalue weighted by Crippen LogP contribution is -2.08. The molecule has 1 aromatic heterocycles. The Kier molecular flexibility index (Phi) is 5.08. The molecule has 0 aliphatic carbocycles. The molecule has 0 N–H and O–H groups in total. The Balaban J connectivity index is 2.16. The third kappa shape index (κ3) is 3.38. The van der Waals surface area contributed by atoms with E-state index in [1.807, 2.05) is 57.2 Å². The normalized spacial score (nSPS) is 10.8. The Labute approximate surface area is 148 Å². The molecule has 0 aliphatic heterocycles. The zero-order chi connectivity index (χ0) is 17.8. The van der Waals surface area contributed by atoms with Gasteiger partial charge in [0.25, 0.3) is 0 Å². The Morgan fingerprint density at radius 3 is 2.48 bits per heavy atom. The maximum Gasteiger partial charge on any atom is 0.340 e. The van der Waals surface area contributed by atoms with Crippen LogP contribution in [0.5, 0.6) is 5.75 Å². The number of esters is 1. The van der Waals surface area contributed by atoms with E-state index in [1.165, 1.54) is 5.56 Å². The van der Waals surface area contributed by atoms with Crippen molar-refractivity contribution in [2.75, 3.05) is 13.2 Å². The second kappa shape index (κ2) is 7.43. The third-order valence-electron chi connectivity index (χ3n) is 4.27. The summed E-state index contributed by atoms with van der Waals surface area (Å²) in [5, 5.41) is 0.873. The van der Waals surface area contributed by atoms with Crippen LogP contribution in [-0.4, -0.2) is 23.8 Å². The van der Waals surface area contributed by atoms with Gasteiger partial charge in [0.2, 0.25) is 0 Å². The first-order chi connectivity index (χ1) is 12.2. The van der Waals surface area contributed by atoms with Crippen LogP contribution in [0.2, 0.25) is 0 Å². The maximum atomic E-state index is 12.5. The summed E-state index contributed by atoms with van der Waals surface area (Å²) in [6, 6.07) is 16.1. The van der Waals surface area contributed by atoms with Gasteiger partial charge in [0.1, 0.15) is 5.75 Å². The molecule has 4 heteroatoms. The molecule has 3 rings (SSSR count). The first-order valence-electron chi connectivity index (χ1n) is 8.62. The van der Waals surface area contributed by atoms with E-state index in [-0.39, 0.29) is 5.97 Å². The lowest BCUT2D eigenvalue weighted by atomic mass is 10.1. The minimum Gasteiger partial charge on any atom is -0.494 e. The van der Waals surface area contributed by atoms with Gasteiger partial charge < -0.3 is 14.0 Å². The minimum absolute atomic E-state index is 0.287. The van der Waals surface area contributed by atoms with Gasteiger partial charge in [-0.2, -0.15) is 0 Å². The first kappa shape index (κ1) is 17.1. The van der Waals surface area contributed by atoms with Gasteiger partial charge in [-0.1, -0.05) is 30.3 Å². The molecule has 0 bridgehead atoms. The lowest BCUT2D eigenvalue weighted by molar-refractivity contribution is 0.0527. The lowest BCUT2D eigenvalue weighted by Gasteiger charge is -2.09. The van der Waals surface area contributed by atoms with Gasteiger partial charge in [0.05, 0.1) is 18.8 Å². The maximum absolute atomic E-state index is 12.5. The quantitative estimate of drug-likeness (QED) is 0.619. The largest absolute Gasteiger partial charge is 0.494 e. The Hall–Kier alpha value is -2.75. The number of rotatable bonds is 6. The number of fused-ring (bicyclic) bond motifs is 1. The van der Waals surface area contributed by atoms with Gasteiger partial charge in [-0.25, -0.2) is 4.79 Å². The zero-order valence-electron chi connectivity index (χ0n) is 14.9. The average Bonchev–Trinajstić information content (AvgIpc) is 2.88. The summed E-state index contributed by atoms with van der Waals surface area (Å²) in [5.41, 5.74) is 3.72. The van der Waals surface area contributed by atoms with Crippen LogP contribution in [0.3, 0.4) is 0 Å². The van der Waals surface area contributed by atoms with E-state index >= 15 is 0 Å². The van der Waals surface area contributed by atoms with Gasteiger partial charge in [-0.3, -0.25) is 0 Å². The van der Waals surface area contributed by atoms with Gasteiger partial charge in [-0.05, 0) is 44.5 Å². The fourth-order valence-corrected chi connectivity index (χ4v) is 3.15. The van der Waals surface area contributed by atoms with Crippen molar-refractivity contribution in [1.29, 1.82) is 0 Å². The highest BCUT2D eigenvalue weighted by molar-refractivity contribution is 6.06. The average molecular weight is 337 g/mol. The Morgan fingerprint density at radius 1 is 1.04 bits per heavy atom. The minimum atomic E-state index is -0.287. The second-order valence-corrected chi connectivity index (χ2v) is 5.86. The molecule has 25 heavy (non-hydrogen) atoms. The van der Waals surface area contributed by atoms with Gasteiger partial charge in [0.15, 0.2) is 0 Å². The van der Waals surface area contributed by atoms with Crippen LogP contribution in [0.25, 0.3) is 10.9 Å². The van der Waals surface area contributed by atoms with Crippen molar-refractivity contribution < 1.29 is 14.3 Å². The summed E-state index contributed by atoms with van der Waals surface area (Å²) < 4.78 is 13.1. The molecular weight excluding hydrogens is 314 g/mol. The molecular formula is C21H23NO3. The van der Waals surface area contributed by atoms with Gasteiger partial charge >= 0.3 is 5.97 Å². The number of hydrogen-bond donors (Lipinski definition) is 0. The van der Waals surface area contributed by atoms with E-state index in [9.17, 15) is 4.79 Å². The van der Waals surface area contributed by atoms with E-state index < -0.39 is 0 Å². The van der Waals surface area contributed by atoms with Crippen molar-refractivity contribution in [2.45, 2.75) is 27.3 Å². The van der Waals surface area contributed by atoms with Crippen LogP contribution in [-0.2, 0) is 11.3 Å². The fraction of sp³-hybridized carbons (Fsp3) is 0.286. The topological polar surface area (TPSA) is 40.5 Å². The number of carbonyl (C=O) groups is 1. The predicted octanol–water partition coefficient (Wildman–Crippen LogP) is 4.57. The zero-order valence-corrected chi connectivity index (χ0v) is 14.9. The van der Waals surface area contributed by atoms with Crippen LogP contribution >= 0.6 is 0 Å². The summed E-state index contributed by atoms with van der Waals surface area (Å²) in [6.45, 7) is 7.38. The second-order valence-electron chi connectivity index (χ2n) is 5.86. The highest BCUT2D eigenvalue weighted by Crippen LogP contribution is 2.31. The predicted molar refractivity (Wildman–Crippen MR) is 99.3 cm³/mol. The van der Waals surface area contributed by atoms with Crippen LogP contribution in [0, 0.1) is 6.92 Å². The summed E-state index contributed by atoms with van der Waals surface area (Å²) in [5.74, 6) is 0.475. The molecule has 0 spiro atoms. The number of benzene rings is 2. The fourth-order valence-electron chi connectivity index (χ4n) is 3.15. The van der Waals surface area contributed by atoms with E-state index in [1.54, 1.807) is 0 Å². The van der Waals surface area contributed by atoms with Crippen LogP contribution in [0.4, 0.5) is 0 Å². The molecule has 0 saturated carbocycles. The molecule has 0 atom stereocenters. The molecule has 0 radical (unpaired) electrons. The van der Waals surface area contributed by atoms with Crippen LogP contribution in [0.15, 0.2) is 48.5 Å². The first-order valence-corrected chi connectivity index (χ1v) is 8.62. The van der Waals surface area contributed by atoms with Crippen molar-refractivity contribution in [3.05, 3.63) is 65.4 Å². The number of aromatic nitrogens is 1. The SMILES string of the molecule is CCOC(=O)c1c(C)n(Cc2ccccc2)c2ccc(OCC)cc12. The van der Waals surface area contributed by atoms with Crippen molar-refractivity contribution in [3.63, 3.8) is 0 Å². The van der Waals surface area contributed by atoms with Crippen molar-refractivity contribution >= 4 is 16.9 Å².